The van der Waals surface area contributed by atoms with Crippen LogP contribution in [-0.2, 0) is 0 Å². The maximum absolute atomic E-state index is 12.9. The molecule has 1 aliphatic rings. The van der Waals surface area contributed by atoms with Crippen molar-refractivity contribution in [3.8, 4) is 0 Å². The Kier molecular flexibility index (Phi) is 4.65. The Morgan fingerprint density at radius 1 is 1.24 bits per heavy atom. The van der Waals surface area contributed by atoms with Crippen LogP contribution in [0.5, 0.6) is 0 Å². The lowest BCUT2D eigenvalue weighted by atomic mass is 9.96. The van der Waals surface area contributed by atoms with E-state index >= 15 is 0 Å². The number of nitrogens with one attached hydrogen (secondary N) is 2. The van der Waals surface area contributed by atoms with E-state index in [1.54, 1.807) is 18.5 Å². The molecule has 3 aromatic rings. The quantitative estimate of drug-likeness (QED) is 0.599. The maximum atomic E-state index is 12.9. The number of amides is 1. The molecule has 1 atom stereocenters. The van der Waals surface area contributed by atoms with Crippen molar-refractivity contribution in [1.82, 2.24) is 25.5 Å². The molecule has 0 saturated heterocycles. The summed E-state index contributed by atoms with van der Waals surface area (Å²) in [6.07, 6.45) is 8.06. The van der Waals surface area contributed by atoms with Gasteiger partial charge in [0, 0.05) is 23.3 Å². The number of hydrogen-bond donors (Lipinski definition) is 2. The van der Waals surface area contributed by atoms with Gasteiger partial charge in [0.15, 0.2) is 5.82 Å². The summed E-state index contributed by atoms with van der Waals surface area (Å²) in [5, 5.41) is 11.3. The summed E-state index contributed by atoms with van der Waals surface area (Å²) in [4.78, 5) is 21.6. The van der Waals surface area contributed by atoms with Crippen molar-refractivity contribution in [1.29, 1.82) is 0 Å². The highest BCUT2D eigenvalue weighted by Gasteiger charge is 2.30. The van der Waals surface area contributed by atoms with Crippen LogP contribution in [0.3, 0.4) is 0 Å². The van der Waals surface area contributed by atoms with E-state index in [9.17, 15) is 4.79 Å². The molecule has 0 radical (unpaired) electrons. The second-order valence-electron chi connectivity index (χ2n) is 6.37. The third-order valence-corrected chi connectivity index (χ3v) is 5.61. The first-order valence-electron chi connectivity index (χ1n) is 8.44. The minimum atomic E-state index is -0.143. The van der Waals surface area contributed by atoms with E-state index in [1.807, 2.05) is 18.2 Å². The Morgan fingerprint density at radius 2 is 2.00 bits per heavy atom. The fraction of sp³-hybridized carbons (Fsp3) is 0.333. The van der Waals surface area contributed by atoms with Crippen LogP contribution in [0.4, 0.5) is 0 Å². The van der Waals surface area contributed by atoms with E-state index in [0.29, 0.717) is 17.3 Å². The van der Waals surface area contributed by atoms with Gasteiger partial charge >= 0.3 is 0 Å². The Morgan fingerprint density at radius 3 is 2.76 bits per heavy atom. The van der Waals surface area contributed by atoms with Gasteiger partial charge in [-0.2, -0.15) is 5.10 Å². The van der Waals surface area contributed by atoms with Crippen LogP contribution >= 0.6 is 22.6 Å². The van der Waals surface area contributed by atoms with E-state index in [-0.39, 0.29) is 11.9 Å². The Balaban J connectivity index is 1.61. The zero-order chi connectivity index (χ0) is 17.2. The molecule has 0 bridgehead atoms. The van der Waals surface area contributed by atoms with Crippen molar-refractivity contribution in [3.63, 3.8) is 0 Å². The van der Waals surface area contributed by atoms with Crippen LogP contribution in [0.25, 0.3) is 10.9 Å². The van der Waals surface area contributed by atoms with Crippen LogP contribution in [0, 0.1) is 9.62 Å². The molecule has 1 fully saturated rings. The van der Waals surface area contributed by atoms with Crippen molar-refractivity contribution in [2.45, 2.75) is 31.7 Å². The maximum Gasteiger partial charge on any atom is 0.251 e. The highest BCUT2D eigenvalue weighted by Crippen LogP contribution is 2.34. The Bertz CT molecular complexity index is 889. The highest BCUT2D eigenvalue weighted by molar-refractivity contribution is 14.1. The average Bonchev–Trinajstić information content (AvgIpc) is 3.30. The molecule has 128 valence electrons. The molecule has 1 amide bonds. The number of nitrogens with zero attached hydrogens (tertiary/aromatic N) is 3. The minimum Gasteiger partial charge on any atom is -0.342 e. The zero-order valence-corrected chi connectivity index (χ0v) is 15.7. The van der Waals surface area contributed by atoms with Gasteiger partial charge in [-0.3, -0.25) is 9.89 Å². The fourth-order valence-electron chi connectivity index (χ4n) is 3.50. The summed E-state index contributed by atoms with van der Waals surface area (Å²) in [6.45, 7) is 0. The van der Waals surface area contributed by atoms with Gasteiger partial charge in [0.2, 0.25) is 0 Å². The third-order valence-electron chi connectivity index (χ3n) is 4.79. The topological polar surface area (TPSA) is 83.6 Å². The Hall–Kier alpha value is -2.03. The van der Waals surface area contributed by atoms with Crippen LogP contribution in [0.1, 0.15) is 47.9 Å². The van der Waals surface area contributed by atoms with Crippen molar-refractivity contribution in [3.05, 3.63) is 51.7 Å². The first-order chi connectivity index (χ1) is 12.2. The molecule has 7 heteroatoms. The first kappa shape index (κ1) is 16.4. The largest absolute Gasteiger partial charge is 0.342 e. The first-order valence-corrected chi connectivity index (χ1v) is 9.51. The third kappa shape index (κ3) is 3.37. The number of aromatic amines is 1. The summed E-state index contributed by atoms with van der Waals surface area (Å²) >= 11 is 2.19. The lowest BCUT2D eigenvalue weighted by Crippen LogP contribution is -2.34. The highest BCUT2D eigenvalue weighted by atomic mass is 127. The average molecular weight is 447 g/mol. The fourth-order valence-corrected chi connectivity index (χ4v) is 4.05. The number of fused-ring (bicyclic) bond motifs is 1. The van der Waals surface area contributed by atoms with Crippen LogP contribution in [0.15, 0.2) is 36.7 Å². The van der Waals surface area contributed by atoms with E-state index in [2.05, 4.69) is 48.1 Å². The molecular weight excluding hydrogens is 429 g/mol. The number of benzene rings is 1. The minimum absolute atomic E-state index is 0.0942. The number of carbonyl (C=O) groups excluding carboxylic acids is 1. The van der Waals surface area contributed by atoms with E-state index in [1.165, 1.54) is 12.8 Å². The smallest absolute Gasteiger partial charge is 0.251 e. The van der Waals surface area contributed by atoms with Crippen LogP contribution in [-0.4, -0.2) is 26.1 Å². The van der Waals surface area contributed by atoms with Gasteiger partial charge < -0.3 is 5.32 Å². The van der Waals surface area contributed by atoms with Gasteiger partial charge in [0.05, 0.1) is 11.6 Å². The standard InChI is InChI=1S/C18H18IN5O/c19-16-13-10-12(6-7-14(13)23-24-16)18(25)22-15(11-4-1-2-5-11)17-20-8-3-9-21-17/h3,6-11,15H,1-2,4-5H2,(H,22,25)(H,23,24). The molecule has 0 spiro atoms. The summed E-state index contributed by atoms with van der Waals surface area (Å²) in [5.74, 6) is 0.995. The number of carbonyl (C=O) groups is 1. The predicted octanol–water partition coefficient (Wildman–Crippen LogP) is 3.62. The van der Waals surface area contributed by atoms with Gasteiger partial charge in [-0.1, -0.05) is 12.8 Å². The molecular formula is C18H18IN5O. The molecule has 25 heavy (non-hydrogen) atoms. The summed E-state index contributed by atoms with van der Waals surface area (Å²) < 4.78 is 0.931. The molecule has 1 aliphatic carbocycles. The lowest BCUT2D eigenvalue weighted by molar-refractivity contribution is 0.0919. The lowest BCUT2D eigenvalue weighted by Gasteiger charge is -2.23. The number of aromatic nitrogens is 4. The van der Waals surface area contributed by atoms with Crippen LogP contribution in [0.2, 0.25) is 0 Å². The molecule has 4 rings (SSSR count). The normalized spacial score (nSPS) is 16.2. The molecule has 1 unspecified atom stereocenters. The SMILES string of the molecule is O=C(NC(c1ncccn1)C1CCCC1)c1ccc2n[nH]c(I)c2c1. The van der Waals surface area contributed by atoms with Crippen molar-refractivity contribution < 1.29 is 4.79 Å². The van der Waals surface area contributed by atoms with Crippen molar-refractivity contribution in [2.75, 3.05) is 0 Å². The molecule has 2 N–H and O–H groups in total. The second kappa shape index (κ2) is 7.07. The predicted molar refractivity (Wildman–Crippen MR) is 103 cm³/mol. The summed E-state index contributed by atoms with van der Waals surface area (Å²) in [5.41, 5.74) is 1.49. The van der Waals surface area contributed by atoms with Gasteiger partial charge in [0.1, 0.15) is 3.70 Å². The van der Waals surface area contributed by atoms with Crippen molar-refractivity contribution >= 4 is 39.4 Å². The molecule has 6 nitrogen and oxygen atoms in total. The Labute approximate surface area is 159 Å². The zero-order valence-electron chi connectivity index (χ0n) is 13.6. The van der Waals surface area contributed by atoms with Gasteiger partial charge in [-0.25, -0.2) is 9.97 Å². The summed E-state index contributed by atoms with van der Waals surface area (Å²) in [7, 11) is 0. The molecule has 2 heterocycles. The molecule has 2 aromatic heterocycles. The van der Waals surface area contributed by atoms with E-state index < -0.39 is 0 Å². The van der Waals surface area contributed by atoms with Gasteiger partial charge in [0.25, 0.3) is 5.91 Å². The van der Waals surface area contributed by atoms with Crippen LogP contribution < -0.4 is 5.32 Å². The second-order valence-corrected chi connectivity index (χ2v) is 7.45. The molecule has 1 aromatic carbocycles. The van der Waals surface area contributed by atoms with Gasteiger partial charge in [-0.15, -0.1) is 0 Å². The van der Waals surface area contributed by atoms with Gasteiger partial charge in [-0.05, 0) is 65.6 Å². The molecule has 1 saturated carbocycles. The number of rotatable bonds is 4. The van der Waals surface area contributed by atoms with Crippen molar-refractivity contribution in [2.24, 2.45) is 5.92 Å². The van der Waals surface area contributed by atoms with E-state index in [0.717, 1.165) is 27.4 Å². The monoisotopic (exact) mass is 447 g/mol. The number of halogens is 1. The molecule has 0 aliphatic heterocycles. The summed E-state index contributed by atoms with van der Waals surface area (Å²) in [6, 6.07) is 7.22. The number of H-pyrrole nitrogens is 1. The number of hydrogen-bond acceptors (Lipinski definition) is 4. The van der Waals surface area contributed by atoms with E-state index in [4.69, 9.17) is 0 Å².